The van der Waals surface area contributed by atoms with Gasteiger partial charge in [-0.05, 0) is 48.4 Å². The number of halogens is 1. The van der Waals surface area contributed by atoms with E-state index < -0.39 is 16.8 Å². The van der Waals surface area contributed by atoms with Gasteiger partial charge in [-0.2, -0.15) is 0 Å². The molecule has 0 unspecified atom stereocenters. The lowest BCUT2D eigenvalue weighted by molar-refractivity contribution is -0.384. The van der Waals surface area contributed by atoms with E-state index in [1.807, 2.05) is 0 Å². The molecule has 3 aromatic rings. The van der Waals surface area contributed by atoms with Gasteiger partial charge in [-0.3, -0.25) is 14.9 Å². The zero-order chi connectivity index (χ0) is 25.4. The molecule has 0 atom stereocenters. The Bertz CT molecular complexity index is 1280. The number of carbonyl (C=O) groups excluding carboxylic acids is 1. The minimum Gasteiger partial charge on any atom is -0.490 e. The molecule has 0 aliphatic carbocycles. The van der Waals surface area contributed by atoms with Gasteiger partial charge >= 0.3 is 5.97 Å². The van der Waals surface area contributed by atoms with Gasteiger partial charge in [0, 0.05) is 17.7 Å². The third-order valence-electron chi connectivity index (χ3n) is 4.66. The molecule has 10 heteroatoms. The van der Waals surface area contributed by atoms with Crippen molar-refractivity contribution in [2.45, 2.75) is 13.5 Å². The predicted molar refractivity (Wildman–Crippen MR) is 130 cm³/mol. The molecule has 0 bridgehead atoms. The first kappa shape index (κ1) is 25.3. The van der Waals surface area contributed by atoms with Crippen LogP contribution in [0.3, 0.4) is 0 Å². The number of nitro benzene ring substituents is 1. The number of nitro groups is 1. The average Bonchev–Trinajstić information content (AvgIpc) is 2.84. The van der Waals surface area contributed by atoms with Crippen LogP contribution in [0.15, 0.2) is 72.4 Å². The molecule has 0 fully saturated rings. The number of hydrogen-bond donors (Lipinski definition) is 2. The minimum absolute atomic E-state index is 0.00975. The largest absolute Gasteiger partial charge is 0.490 e. The fourth-order valence-corrected chi connectivity index (χ4v) is 3.37. The van der Waals surface area contributed by atoms with Gasteiger partial charge in [-0.1, -0.05) is 41.9 Å². The molecule has 0 radical (unpaired) electrons. The molecule has 0 aliphatic heterocycles. The number of benzene rings is 3. The number of aliphatic carboxylic acids is 1. The van der Waals surface area contributed by atoms with Crippen molar-refractivity contribution in [2.75, 3.05) is 6.61 Å². The molecule has 0 saturated carbocycles. The molecule has 9 nitrogen and oxygen atoms in total. The summed E-state index contributed by atoms with van der Waals surface area (Å²) in [4.78, 5) is 34.6. The van der Waals surface area contributed by atoms with Gasteiger partial charge in [-0.15, -0.1) is 0 Å². The second kappa shape index (κ2) is 11.7. The molecule has 0 aromatic heterocycles. The molecule has 0 spiro atoms. The van der Waals surface area contributed by atoms with Crippen LogP contribution in [-0.2, 0) is 11.4 Å². The summed E-state index contributed by atoms with van der Waals surface area (Å²) in [6, 6.07) is 17.2. The Kier molecular flexibility index (Phi) is 8.42. The third kappa shape index (κ3) is 6.81. The summed E-state index contributed by atoms with van der Waals surface area (Å²) >= 11 is 6.41. The Morgan fingerprint density at radius 2 is 1.83 bits per heavy atom. The number of ether oxygens (including phenoxy) is 2. The number of rotatable bonds is 10. The Hall–Kier alpha value is -4.37. The summed E-state index contributed by atoms with van der Waals surface area (Å²) in [5.74, 6) is -1.47. The van der Waals surface area contributed by atoms with E-state index in [2.05, 4.69) is 5.32 Å². The molecule has 2 N–H and O–H groups in total. The van der Waals surface area contributed by atoms with E-state index in [0.29, 0.717) is 16.7 Å². The van der Waals surface area contributed by atoms with E-state index in [1.165, 1.54) is 30.3 Å². The third-order valence-corrected chi connectivity index (χ3v) is 4.94. The molecule has 180 valence electrons. The fourth-order valence-electron chi connectivity index (χ4n) is 3.09. The molecule has 0 aliphatic rings. The van der Waals surface area contributed by atoms with Crippen LogP contribution < -0.4 is 14.8 Å². The highest BCUT2D eigenvalue weighted by molar-refractivity contribution is 6.32. The van der Waals surface area contributed by atoms with Crippen molar-refractivity contribution in [1.29, 1.82) is 0 Å². The number of amides is 1. The van der Waals surface area contributed by atoms with Gasteiger partial charge in [-0.25, -0.2) is 4.79 Å². The van der Waals surface area contributed by atoms with Crippen LogP contribution in [0.5, 0.6) is 11.5 Å². The lowest BCUT2D eigenvalue weighted by Gasteiger charge is -2.15. The summed E-state index contributed by atoms with van der Waals surface area (Å²) in [5, 5.41) is 23.1. The Labute approximate surface area is 205 Å². The van der Waals surface area contributed by atoms with Crippen molar-refractivity contribution >= 4 is 35.2 Å². The molecular weight excluding hydrogens is 476 g/mol. The highest BCUT2D eigenvalue weighted by atomic mass is 35.5. The van der Waals surface area contributed by atoms with Gasteiger partial charge in [0.1, 0.15) is 12.3 Å². The van der Waals surface area contributed by atoms with E-state index in [1.54, 1.807) is 49.4 Å². The number of carboxylic acids is 1. The number of carboxylic acid groups (broad SMARTS) is 1. The quantitative estimate of drug-likeness (QED) is 0.227. The zero-order valence-electron chi connectivity index (χ0n) is 18.6. The monoisotopic (exact) mass is 496 g/mol. The van der Waals surface area contributed by atoms with Crippen LogP contribution in [0.1, 0.15) is 28.4 Å². The number of hydrogen-bond acceptors (Lipinski definition) is 6. The summed E-state index contributed by atoms with van der Waals surface area (Å²) < 4.78 is 11.4. The smallest absolute Gasteiger partial charge is 0.352 e. The zero-order valence-corrected chi connectivity index (χ0v) is 19.3. The second-order valence-electron chi connectivity index (χ2n) is 7.16. The summed E-state index contributed by atoms with van der Waals surface area (Å²) in [6.45, 7) is 2.01. The number of carbonyl (C=O) groups is 2. The highest BCUT2D eigenvalue weighted by Crippen LogP contribution is 2.38. The van der Waals surface area contributed by atoms with Gasteiger partial charge in [0.15, 0.2) is 11.5 Å². The van der Waals surface area contributed by atoms with Gasteiger partial charge < -0.3 is 19.9 Å². The van der Waals surface area contributed by atoms with Crippen LogP contribution in [0.2, 0.25) is 5.02 Å². The first-order valence-electron chi connectivity index (χ1n) is 10.4. The Balaban J connectivity index is 1.87. The predicted octanol–water partition coefficient (Wildman–Crippen LogP) is 5.08. The van der Waals surface area contributed by atoms with Crippen LogP contribution >= 0.6 is 11.6 Å². The first-order chi connectivity index (χ1) is 16.8. The average molecular weight is 497 g/mol. The molecular formula is C25H21ClN2O7. The summed E-state index contributed by atoms with van der Waals surface area (Å²) in [7, 11) is 0. The molecule has 3 rings (SSSR count). The van der Waals surface area contributed by atoms with E-state index >= 15 is 0 Å². The summed E-state index contributed by atoms with van der Waals surface area (Å²) in [5.41, 5.74) is 0.784. The molecule has 35 heavy (non-hydrogen) atoms. The standard InChI is InChI=1S/C25H21ClN2O7/c1-2-34-22-14-17(13-21(25(30)31)27-24(29)18-8-4-3-5-9-18)12-20(26)23(22)35-15-16-7-6-10-19(11-16)28(32)33/h3-14H,2,15H2,1H3,(H,27,29)(H,30,31)/b21-13+. The minimum atomic E-state index is -1.34. The van der Waals surface area contributed by atoms with Crippen LogP contribution in [0.25, 0.3) is 6.08 Å². The molecule has 3 aromatic carbocycles. The SMILES string of the molecule is CCOc1cc(/C=C(/NC(=O)c2ccccc2)C(=O)O)cc(Cl)c1OCc1cccc([N+](=O)[O-])c1. The lowest BCUT2D eigenvalue weighted by Crippen LogP contribution is -2.27. The van der Waals surface area contributed by atoms with Crippen LogP contribution in [-0.4, -0.2) is 28.5 Å². The van der Waals surface area contributed by atoms with E-state index in [0.717, 1.165) is 0 Å². The van der Waals surface area contributed by atoms with Gasteiger partial charge in [0.25, 0.3) is 11.6 Å². The van der Waals surface area contributed by atoms with Gasteiger partial charge in [0.2, 0.25) is 0 Å². The van der Waals surface area contributed by atoms with Crippen LogP contribution in [0, 0.1) is 10.1 Å². The maximum atomic E-state index is 12.4. The number of non-ortho nitro benzene ring substituents is 1. The molecule has 0 saturated heterocycles. The van der Waals surface area contributed by atoms with E-state index in [9.17, 15) is 24.8 Å². The Morgan fingerprint density at radius 3 is 2.49 bits per heavy atom. The normalized spacial score (nSPS) is 11.0. The van der Waals surface area contributed by atoms with Gasteiger partial charge in [0.05, 0.1) is 16.6 Å². The first-order valence-corrected chi connectivity index (χ1v) is 10.8. The number of nitrogens with one attached hydrogen (secondary N) is 1. The highest BCUT2D eigenvalue weighted by Gasteiger charge is 2.17. The van der Waals surface area contributed by atoms with Crippen molar-refractivity contribution in [3.05, 3.63) is 104 Å². The Morgan fingerprint density at radius 1 is 1.09 bits per heavy atom. The molecule has 0 heterocycles. The van der Waals surface area contributed by atoms with E-state index in [-0.39, 0.29) is 41.1 Å². The number of nitrogens with zero attached hydrogens (tertiary/aromatic N) is 1. The maximum absolute atomic E-state index is 12.4. The van der Waals surface area contributed by atoms with Crippen molar-refractivity contribution in [3.63, 3.8) is 0 Å². The van der Waals surface area contributed by atoms with Crippen molar-refractivity contribution in [2.24, 2.45) is 0 Å². The maximum Gasteiger partial charge on any atom is 0.352 e. The van der Waals surface area contributed by atoms with E-state index in [4.69, 9.17) is 21.1 Å². The fraction of sp³-hybridized carbons (Fsp3) is 0.120. The summed E-state index contributed by atoms with van der Waals surface area (Å²) in [6.07, 6.45) is 1.25. The van der Waals surface area contributed by atoms with Crippen molar-refractivity contribution in [3.8, 4) is 11.5 Å². The van der Waals surface area contributed by atoms with Crippen LogP contribution in [0.4, 0.5) is 5.69 Å². The topological polar surface area (TPSA) is 128 Å². The lowest BCUT2D eigenvalue weighted by atomic mass is 10.1. The van der Waals surface area contributed by atoms with Crippen molar-refractivity contribution in [1.82, 2.24) is 5.32 Å². The second-order valence-corrected chi connectivity index (χ2v) is 7.57. The van der Waals surface area contributed by atoms with Crippen molar-refractivity contribution < 1.29 is 29.1 Å². The molecule has 1 amide bonds.